The molecule has 0 aliphatic carbocycles. The molecule has 3 heterocycles. The highest BCUT2D eigenvalue weighted by molar-refractivity contribution is 6.33. The molecule has 0 radical (unpaired) electrons. The monoisotopic (exact) mass is 380 g/mol. The van der Waals surface area contributed by atoms with Crippen molar-refractivity contribution in [2.24, 2.45) is 11.8 Å². The number of rotatable bonds is 2. The van der Waals surface area contributed by atoms with Crippen molar-refractivity contribution in [3.05, 3.63) is 41.0 Å². The van der Waals surface area contributed by atoms with Gasteiger partial charge in [-0.2, -0.15) is 5.10 Å². The average Bonchev–Trinajstić information content (AvgIpc) is 3.20. The maximum absolute atomic E-state index is 13.0. The molecular weight excluding hydrogens is 359 g/mol. The van der Waals surface area contributed by atoms with Gasteiger partial charge in [0.25, 0.3) is 5.91 Å². The third-order valence-electron chi connectivity index (χ3n) is 5.32. The van der Waals surface area contributed by atoms with Gasteiger partial charge in [0.1, 0.15) is 0 Å². The van der Waals surface area contributed by atoms with Gasteiger partial charge in [-0.3, -0.25) is 9.89 Å². The van der Waals surface area contributed by atoms with Gasteiger partial charge in [-0.15, -0.1) is 12.4 Å². The molecule has 2 aliphatic rings. The van der Waals surface area contributed by atoms with E-state index in [1.165, 1.54) is 0 Å². The number of aromatic nitrogens is 2. The minimum atomic E-state index is 0. The number of hydrogen-bond acceptors (Lipinski definition) is 3. The van der Waals surface area contributed by atoms with Gasteiger partial charge >= 0.3 is 0 Å². The number of carbonyl (C=O) groups is 1. The average molecular weight is 381 g/mol. The molecule has 2 aliphatic heterocycles. The van der Waals surface area contributed by atoms with E-state index >= 15 is 0 Å². The minimum absolute atomic E-state index is 0. The molecule has 5 nitrogen and oxygen atoms in total. The lowest BCUT2D eigenvalue weighted by atomic mass is 9.92. The topological polar surface area (TPSA) is 61.0 Å². The Balaban J connectivity index is 0.00000182. The summed E-state index contributed by atoms with van der Waals surface area (Å²) in [6, 6.07) is 7.53. The van der Waals surface area contributed by atoms with E-state index in [2.05, 4.69) is 15.5 Å². The van der Waals surface area contributed by atoms with E-state index in [4.69, 9.17) is 11.6 Å². The van der Waals surface area contributed by atoms with Crippen molar-refractivity contribution in [1.82, 2.24) is 20.4 Å². The van der Waals surface area contributed by atoms with E-state index in [1.807, 2.05) is 29.2 Å². The Labute approximate surface area is 158 Å². The van der Waals surface area contributed by atoms with Gasteiger partial charge in [0.05, 0.1) is 17.5 Å². The predicted octanol–water partition coefficient (Wildman–Crippen LogP) is 3.22. The summed E-state index contributed by atoms with van der Waals surface area (Å²) in [6.07, 6.45) is 3.76. The Kier molecular flexibility index (Phi) is 5.67. The Hall–Kier alpha value is -1.56. The molecule has 134 valence electrons. The van der Waals surface area contributed by atoms with E-state index in [0.29, 0.717) is 28.1 Å². The van der Waals surface area contributed by atoms with Crippen LogP contribution in [0.15, 0.2) is 30.5 Å². The molecule has 2 aromatic rings. The Bertz CT molecular complexity index is 734. The molecule has 1 amide bonds. The van der Waals surface area contributed by atoms with Crippen LogP contribution in [0, 0.1) is 11.8 Å². The van der Waals surface area contributed by atoms with Crippen LogP contribution in [0.2, 0.25) is 5.02 Å². The molecule has 0 spiro atoms. The number of likely N-dealkylation sites (tertiary alicyclic amines) is 1. The fraction of sp³-hybridized carbons (Fsp3) is 0.444. The smallest absolute Gasteiger partial charge is 0.257 e. The molecule has 2 saturated heterocycles. The number of benzene rings is 1. The van der Waals surface area contributed by atoms with Crippen molar-refractivity contribution in [2.75, 3.05) is 26.2 Å². The lowest BCUT2D eigenvalue weighted by Crippen LogP contribution is -2.32. The van der Waals surface area contributed by atoms with Gasteiger partial charge in [0.2, 0.25) is 0 Å². The molecule has 2 fully saturated rings. The molecule has 7 heteroatoms. The van der Waals surface area contributed by atoms with Crippen molar-refractivity contribution in [3.8, 4) is 11.3 Å². The van der Waals surface area contributed by atoms with Crippen LogP contribution < -0.4 is 5.32 Å². The lowest BCUT2D eigenvalue weighted by molar-refractivity contribution is 0.0759. The fourth-order valence-corrected chi connectivity index (χ4v) is 4.14. The summed E-state index contributed by atoms with van der Waals surface area (Å²) in [5.74, 6) is 1.46. The molecule has 1 aromatic carbocycles. The molecule has 0 bridgehead atoms. The standard InChI is InChI=1S/C18H21ClN4O.ClH/c19-16-4-2-1-3-14(16)17-15(11-21-22-17)18(24)23-7-5-12-9-20-10-13(12)6-8-23;/h1-4,11-13,20H,5-10H2,(H,21,22);1H/t12-,13+;. The Morgan fingerprint density at radius 2 is 1.84 bits per heavy atom. The molecular formula is C18H22Cl2N4O. The molecule has 0 unspecified atom stereocenters. The summed E-state index contributed by atoms with van der Waals surface area (Å²) in [7, 11) is 0. The van der Waals surface area contributed by atoms with E-state index < -0.39 is 0 Å². The largest absolute Gasteiger partial charge is 0.339 e. The first-order chi connectivity index (χ1) is 11.7. The van der Waals surface area contributed by atoms with Crippen LogP contribution in [0.5, 0.6) is 0 Å². The van der Waals surface area contributed by atoms with Gasteiger partial charge in [-0.1, -0.05) is 29.8 Å². The van der Waals surface area contributed by atoms with Crippen LogP contribution in [0.3, 0.4) is 0 Å². The Morgan fingerprint density at radius 3 is 2.52 bits per heavy atom. The zero-order valence-corrected chi connectivity index (χ0v) is 15.4. The second-order valence-corrected chi connectivity index (χ2v) is 7.09. The normalized spacial score (nSPS) is 22.8. The van der Waals surface area contributed by atoms with Gasteiger partial charge < -0.3 is 10.2 Å². The van der Waals surface area contributed by atoms with Gasteiger partial charge in [0, 0.05) is 23.7 Å². The molecule has 1 aromatic heterocycles. The molecule has 2 N–H and O–H groups in total. The van der Waals surface area contributed by atoms with Crippen LogP contribution in [-0.4, -0.2) is 47.2 Å². The van der Waals surface area contributed by atoms with Crippen molar-refractivity contribution in [3.63, 3.8) is 0 Å². The number of nitrogens with one attached hydrogen (secondary N) is 2. The number of amides is 1. The first-order valence-electron chi connectivity index (χ1n) is 8.52. The summed E-state index contributed by atoms with van der Waals surface area (Å²) >= 11 is 6.29. The zero-order valence-electron chi connectivity index (χ0n) is 13.9. The molecule has 0 saturated carbocycles. The summed E-state index contributed by atoms with van der Waals surface area (Å²) in [4.78, 5) is 15.0. The number of aromatic amines is 1. The first kappa shape index (κ1) is 18.2. The SMILES string of the molecule is Cl.O=C(c1cn[nH]c1-c1ccccc1Cl)N1CC[C@@H]2CNC[C@@H]2CC1. The molecule has 4 rings (SSSR count). The van der Waals surface area contributed by atoms with Gasteiger partial charge in [0.15, 0.2) is 0 Å². The van der Waals surface area contributed by atoms with E-state index in [9.17, 15) is 4.79 Å². The number of H-pyrrole nitrogens is 1. The third-order valence-corrected chi connectivity index (χ3v) is 5.65. The lowest BCUT2D eigenvalue weighted by Gasteiger charge is -2.21. The first-order valence-corrected chi connectivity index (χ1v) is 8.90. The van der Waals surface area contributed by atoms with Crippen LogP contribution in [-0.2, 0) is 0 Å². The number of nitrogens with zero attached hydrogens (tertiary/aromatic N) is 2. The van der Waals surface area contributed by atoms with E-state index in [-0.39, 0.29) is 18.3 Å². The maximum atomic E-state index is 13.0. The van der Waals surface area contributed by atoms with Crippen LogP contribution in [0.1, 0.15) is 23.2 Å². The predicted molar refractivity (Wildman–Crippen MR) is 101 cm³/mol. The van der Waals surface area contributed by atoms with E-state index in [0.717, 1.165) is 44.6 Å². The van der Waals surface area contributed by atoms with E-state index in [1.54, 1.807) is 6.20 Å². The zero-order chi connectivity index (χ0) is 16.5. The second kappa shape index (κ2) is 7.77. The number of carbonyl (C=O) groups excluding carboxylic acids is 1. The minimum Gasteiger partial charge on any atom is -0.339 e. The number of fused-ring (bicyclic) bond motifs is 1. The third kappa shape index (κ3) is 3.54. The summed E-state index contributed by atoms with van der Waals surface area (Å²) in [5.41, 5.74) is 2.13. The summed E-state index contributed by atoms with van der Waals surface area (Å²) < 4.78 is 0. The molecule has 2 atom stereocenters. The highest BCUT2D eigenvalue weighted by atomic mass is 35.5. The van der Waals surface area contributed by atoms with Crippen molar-refractivity contribution >= 4 is 29.9 Å². The summed E-state index contributed by atoms with van der Waals surface area (Å²) in [5, 5.41) is 11.1. The van der Waals surface area contributed by atoms with Gasteiger partial charge in [-0.05, 0) is 43.8 Å². The maximum Gasteiger partial charge on any atom is 0.257 e. The second-order valence-electron chi connectivity index (χ2n) is 6.69. The number of hydrogen-bond donors (Lipinski definition) is 2. The summed E-state index contributed by atoms with van der Waals surface area (Å²) in [6.45, 7) is 3.80. The Morgan fingerprint density at radius 1 is 1.16 bits per heavy atom. The number of halogens is 2. The quantitative estimate of drug-likeness (QED) is 0.840. The van der Waals surface area contributed by atoms with Crippen LogP contribution >= 0.6 is 24.0 Å². The fourth-order valence-electron chi connectivity index (χ4n) is 3.91. The van der Waals surface area contributed by atoms with Crippen LogP contribution in [0.4, 0.5) is 0 Å². The highest BCUT2D eigenvalue weighted by Gasteiger charge is 2.32. The van der Waals surface area contributed by atoms with Crippen molar-refractivity contribution in [1.29, 1.82) is 0 Å². The van der Waals surface area contributed by atoms with Crippen molar-refractivity contribution < 1.29 is 4.79 Å². The van der Waals surface area contributed by atoms with Crippen molar-refractivity contribution in [2.45, 2.75) is 12.8 Å². The van der Waals surface area contributed by atoms with Crippen LogP contribution in [0.25, 0.3) is 11.3 Å². The highest BCUT2D eigenvalue weighted by Crippen LogP contribution is 2.31. The van der Waals surface area contributed by atoms with Gasteiger partial charge in [-0.25, -0.2) is 0 Å². The molecule has 25 heavy (non-hydrogen) atoms.